The summed E-state index contributed by atoms with van der Waals surface area (Å²) in [6.07, 6.45) is 1.89. The predicted molar refractivity (Wildman–Crippen MR) is 89.0 cm³/mol. The van der Waals surface area contributed by atoms with Gasteiger partial charge < -0.3 is 9.31 Å². The molecular weight excluding hydrogens is 286 g/mol. The van der Waals surface area contributed by atoms with Gasteiger partial charge in [0.05, 0.1) is 11.2 Å². The van der Waals surface area contributed by atoms with E-state index >= 15 is 0 Å². The number of halogens is 1. The van der Waals surface area contributed by atoms with Gasteiger partial charge in [-0.25, -0.2) is 4.39 Å². The molecule has 0 radical (unpaired) electrons. The lowest BCUT2D eigenvalue weighted by Crippen LogP contribution is -2.41. The summed E-state index contributed by atoms with van der Waals surface area (Å²) >= 11 is 4.36. The lowest BCUT2D eigenvalue weighted by molar-refractivity contribution is 0.00578. The van der Waals surface area contributed by atoms with E-state index in [4.69, 9.17) is 9.31 Å². The number of thiol groups is 1. The fourth-order valence-electron chi connectivity index (χ4n) is 2.10. The SMILES string of the molecule is Cc1ccc(C=C(CS)B2OC(C)(C)C(C)(C)O2)cc1F. The molecule has 0 aromatic heterocycles. The molecule has 0 aliphatic carbocycles. The Morgan fingerprint density at radius 1 is 1.24 bits per heavy atom. The van der Waals surface area contributed by atoms with Crippen LogP contribution in [0.4, 0.5) is 4.39 Å². The first-order valence-corrected chi connectivity index (χ1v) is 7.72. The van der Waals surface area contributed by atoms with Crippen LogP contribution in [-0.2, 0) is 9.31 Å². The van der Waals surface area contributed by atoms with Crippen molar-refractivity contribution in [2.24, 2.45) is 0 Å². The summed E-state index contributed by atoms with van der Waals surface area (Å²) in [7, 11) is -0.447. The van der Waals surface area contributed by atoms with Crippen molar-refractivity contribution in [3.05, 3.63) is 40.6 Å². The van der Waals surface area contributed by atoms with Crippen LogP contribution in [0.15, 0.2) is 23.7 Å². The van der Waals surface area contributed by atoms with Crippen LogP contribution in [0.2, 0.25) is 0 Å². The molecule has 0 bridgehead atoms. The molecule has 1 aromatic rings. The maximum atomic E-state index is 13.6. The Morgan fingerprint density at radius 3 is 2.29 bits per heavy atom. The summed E-state index contributed by atoms with van der Waals surface area (Å²) < 4.78 is 25.7. The Balaban J connectivity index is 2.28. The molecule has 0 spiro atoms. The normalized spacial score (nSPS) is 20.9. The zero-order valence-corrected chi connectivity index (χ0v) is 14.1. The number of rotatable bonds is 3. The molecule has 1 aliphatic heterocycles. The summed E-state index contributed by atoms with van der Waals surface area (Å²) in [5.74, 6) is 0.281. The van der Waals surface area contributed by atoms with Crippen molar-refractivity contribution in [3.8, 4) is 0 Å². The molecule has 5 heteroatoms. The molecule has 2 rings (SSSR count). The highest BCUT2D eigenvalue weighted by molar-refractivity contribution is 7.80. The smallest absolute Gasteiger partial charge is 0.400 e. The van der Waals surface area contributed by atoms with Crippen LogP contribution in [-0.4, -0.2) is 24.1 Å². The Hall–Kier alpha value is -0.775. The second-order valence-electron chi connectivity index (χ2n) is 6.47. The molecule has 0 N–H and O–H groups in total. The van der Waals surface area contributed by atoms with Gasteiger partial charge in [0, 0.05) is 5.75 Å². The third-order valence-electron chi connectivity index (χ3n) is 4.29. The van der Waals surface area contributed by atoms with E-state index < -0.39 is 18.3 Å². The predicted octanol–water partition coefficient (Wildman–Crippen LogP) is 4.08. The van der Waals surface area contributed by atoms with E-state index in [2.05, 4.69) is 12.6 Å². The highest BCUT2D eigenvalue weighted by Gasteiger charge is 2.52. The Kier molecular flexibility index (Phi) is 4.57. The summed E-state index contributed by atoms with van der Waals surface area (Å²) in [5.41, 5.74) is 1.53. The first-order valence-electron chi connectivity index (χ1n) is 7.09. The quantitative estimate of drug-likeness (QED) is 0.670. The van der Waals surface area contributed by atoms with E-state index in [1.165, 1.54) is 6.07 Å². The highest BCUT2D eigenvalue weighted by Crippen LogP contribution is 2.39. The van der Waals surface area contributed by atoms with Crippen LogP contribution >= 0.6 is 12.6 Å². The van der Waals surface area contributed by atoms with Crippen LogP contribution in [0.5, 0.6) is 0 Å². The molecule has 0 unspecified atom stereocenters. The molecule has 21 heavy (non-hydrogen) atoms. The average molecular weight is 308 g/mol. The van der Waals surface area contributed by atoms with Gasteiger partial charge in [0.15, 0.2) is 0 Å². The Bertz CT molecular complexity index is 553. The van der Waals surface area contributed by atoms with Gasteiger partial charge in [-0.2, -0.15) is 12.6 Å². The molecule has 0 amide bonds. The van der Waals surface area contributed by atoms with Gasteiger partial charge in [0.25, 0.3) is 0 Å². The average Bonchev–Trinajstić information content (AvgIpc) is 2.59. The van der Waals surface area contributed by atoms with Crippen molar-refractivity contribution in [3.63, 3.8) is 0 Å². The molecule has 1 fully saturated rings. The minimum Gasteiger partial charge on any atom is -0.400 e. The van der Waals surface area contributed by atoms with Gasteiger partial charge in [0.2, 0.25) is 0 Å². The molecule has 0 saturated carbocycles. The van der Waals surface area contributed by atoms with Crippen molar-refractivity contribution in [1.82, 2.24) is 0 Å². The van der Waals surface area contributed by atoms with Crippen LogP contribution in [0.25, 0.3) is 6.08 Å². The van der Waals surface area contributed by atoms with Crippen LogP contribution in [0.1, 0.15) is 38.8 Å². The summed E-state index contributed by atoms with van der Waals surface area (Å²) in [6, 6.07) is 5.17. The van der Waals surface area contributed by atoms with Crippen molar-refractivity contribution >= 4 is 25.8 Å². The molecule has 1 saturated heterocycles. The van der Waals surface area contributed by atoms with Crippen LogP contribution in [0.3, 0.4) is 0 Å². The van der Waals surface area contributed by atoms with E-state index in [1.807, 2.05) is 39.8 Å². The van der Waals surface area contributed by atoms with Gasteiger partial charge in [-0.05, 0) is 57.3 Å². The van der Waals surface area contributed by atoms with Gasteiger partial charge in [-0.15, -0.1) is 0 Å². The second-order valence-corrected chi connectivity index (χ2v) is 6.79. The third-order valence-corrected chi connectivity index (χ3v) is 4.65. The maximum absolute atomic E-state index is 13.6. The largest absolute Gasteiger partial charge is 0.491 e. The topological polar surface area (TPSA) is 18.5 Å². The molecular formula is C16H22BFO2S. The van der Waals surface area contributed by atoms with E-state index in [0.717, 1.165) is 11.0 Å². The monoisotopic (exact) mass is 308 g/mol. The molecule has 114 valence electrons. The van der Waals surface area contributed by atoms with E-state index in [-0.39, 0.29) is 5.82 Å². The fourth-order valence-corrected chi connectivity index (χ4v) is 2.34. The number of hydrogen-bond acceptors (Lipinski definition) is 3. The van der Waals surface area contributed by atoms with Crippen molar-refractivity contribution < 1.29 is 13.7 Å². The van der Waals surface area contributed by atoms with Crippen LogP contribution < -0.4 is 0 Å². The van der Waals surface area contributed by atoms with Crippen molar-refractivity contribution in [1.29, 1.82) is 0 Å². The molecule has 0 atom stereocenters. The maximum Gasteiger partial charge on any atom is 0.491 e. The zero-order chi connectivity index (χ0) is 15.8. The third kappa shape index (κ3) is 3.36. The summed E-state index contributed by atoms with van der Waals surface area (Å²) in [6.45, 7) is 9.78. The Labute approximate surface area is 132 Å². The molecule has 1 aliphatic rings. The van der Waals surface area contributed by atoms with Gasteiger partial charge >= 0.3 is 7.12 Å². The first kappa shape index (κ1) is 16.6. The van der Waals surface area contributed by atoms with Gasteiger partial charge in [-0.1, -0.05) is 18.2 Å². The fraction of sp³-hybridized carbons (Fsp3) is 0.500. The van der Waals surface area contributed by atoms with E-state index in [9.17, 15) is 4.39 Å². The molecule has 2 nitrogen and oxygen atoms in total. The highest BCUT2D eigenvalue weighted by atomic mass is 32.1. The van der Waals surface area contributed by atoms with Crippen molar-refractivity contribution in [2.75, 3.05) is 5.75 Å². The second kappa shape index (κ2) is 5.78. The zero-order valence-electron chi connectivity index (χ0n) is 13.2. The lowest BCUT2D eigenvalue weighted by atomic mass is 9.78. The Morgan fingerprint density at radius 2 is 1.81 bits per heavy atom. The van der Waals surface area contributed by atoms with E-state index in [0.29, 0.717) is 11.3 Å². The number of benzene rings is 1. The van der Waals surface area contributed by atoms with E-state index in [1.54, 1.807) is 13.0 Å². The summed E-state index contributed by atoms with van der Waals surface area (Å²) in [4.78, 5) is 0. The van der Waals surface area contributed by atoms with Gasteiger partial charge in [-0.3, -0.25) is 0 Å². The number of aryl methyl sites for hydroxylation is 1. The minimum absolute atomic E-state index is 0.212. The molecule has 1 aromatic carbocycles. The summed E-state index contributed by atoms with van der Waals surface area (Å²) in [5, 5.41) is 0. The first-order chi connectivity index (χ1) is 9.66. The van der Waals surface area contributed by atoms with Crippen molar-refractivity contribution in [2.45, 2.75) is 45.8 Å². The standard InChI is InChI=1S/C16H22BFO2S/c1-11-6-7-12(9-14(11)18)8-13(10-21)17-19-15(2,3)16(4,5)20-17/h6-9,21H,10H2,1-5H3. The molecule has 1 heterocycles. The minimum atomic E-state index is -0.447. The number of hydrogen-bond donors (Lipinski definition) is 1. The van der Waals surface area contributed by atoms with Crippen LogP contribution in [0, 0.1) is 12.7 Å². The van der Waals surface area contributed by atoms with Gasteiger partial charge in [0.1, 0.15) is 5.82 Å². The lowest BCUT2D eigenvalue weighted by Gasteiger charge is -2.32.